The largest absolute Gasteiger partial charge is 0.497 e. The number of hydrogen-bond acceptors (Lipinski definition) is 3. The van der Waals surface area contributed by atoms with Crippen molar-refractivity contribution in [1.82, 2.24) is 5.32 Å². The van der Waals surface area contributed by atoms with Gasteiger partial charge in [0.05, 0.1) is 20.1 Å². The van der Waals surface area contributed by atoms with Crippen LogP contribution in [0.2, 0.25) is 0 Å². The fourth-order valence-corrected chi connectivity index (χ4v) is 2.34. The highest BCUT2D eigenvalue weighted by Gasteiger charge is 2.08. The van der Waals surface area contributed by atoms with Crippen LogP contribution in [-0.2, 0) is 16.0 Å². The number of nitrogens with one attached hydrogen (secondary N) is 2. The van der Waals surface area contributed by atoms with Gasteiger partial charge in [0.2, 0.25) is 11.8 Å². The first kappa shape index (κ1) is 18.0. The third-order valence-corrected chi connectivity index (χ3v) is 4.30. The van der Waals surface area contributed by atoms with Gasteiger partial charge in [-0.2, -0.15) is 0 Å². The Labute approximate surface area is 149 Å². The van der Waals surface area contributed by atoms with Gasteiger partial charge in [-0.15, -0.1) is 0 Å². The molecule has 0 bridgehead atoms. The molecule has 0 radical (unpaired) electrons. The molecule has 0 aliphatic carbocycles. The maximum absolute atomic E-state index is 11.9. The molecule has 24 heavy (non-hydrogen) atoms. The van der Waals surface area contributed by atoms with Crippen molar-refractivity contribution in [3.63, 3.8) is 0 Å². The minimum Gasteiger partial charge on any atom is -0.497 e. The van der Waals surface area contributed by atoms with Crippen LogP contribution in [0.4, 0.5) is 5.69 Å². The molecule has 2 N–H and O–H groups in total. The second kappa shape index (κ2) is 8.49. The van der Waals surface area contributed by atoms with Gasteiger partial charge >= 0.3 is 0 Å². The molecular weight excluding hydrogens is 372 g/mol. The minimum atomic E-state index is -0.264. The molecule has 5 nitrogen and oxygen atoms in total. The maximum atomic E-state index is 11.9. The van der Waals surface area contributed by atoms with Crippen molar-refractivity contribution in [2.75, 3.05) is 19.0 Å². The van der Waals surface area contributed by atoms with E-state index < -0.39 is 0 Å². The normalized spacial score (nSPS) is 10.1. The molecule has 2 rings (SSSR count). The Kier molecular flexibility index (Phi) is 6.37. The molecule has 126 valence electrons. The first-order chi connectivity index (χ1) is 11.5. The van der Waals surface area contributed by atoms with Gasteiger partial charge in [0.1, 0.15) is 5.75 Å². The van der Waals surface area contributed by atoms with Gasteiger partial charge < -0.3 is 15.4 Å². The highest BCUT2D eigenvalue weighted by molar-refractivity contribution is 9.10. The number of benzene rings is 2. The van der Waals surface area contributed by atoms with Crippen molar-refractivity contribution < 1.29 is 14.3 Å². The van der Waals surface area contributed by atoms with Crippen LogP contribution in [0.1, 0.15) is 11.1 Å². The highest BCUT2D eigenvalue weighted by Crippen LogP contribution is 2.19. The van der Waals surface area contributed by atoms with Crippen LogP contribution in [0.3, 0.4) is 0 Å². The number of methoxy groups -OCH3 is 1. The van der Waals surface area contributed by atoms with E-state index >= 15 is 0 Å². The third-order valence-electron chi connectivity index (χ3n) is 3.41. The van der Waals surface area contributed by atoms with Gasteiger partial charge in [-0.25, -0.2) is 0 Å². The second-order valence-electron chi connectivity index (χ2n) is 5.31. The summed E-state index contributed by atoms with van der Waals surface area (Å²) in [7, 11) is 1.59. The number of aryl methyl sites for hydroxylation is 1. The lowest BCUT2D eigenvalue weighted by atomic mass is 10.1. The molecule has 0 aromatic heterocycles. The number of carbonyl (C=O) groups excluding carboxylic acids is 2. The quantitative estimate of drug-likeness (QED) is 0.796. The number of anilines is 1. The Morgan fingerprint density at radius 3 is 2.42 bits per heavy atom. The lowest BCUT2D eigenvalue weighted by molar-refractivity contribution is -0.123. The summed E-state index contributed by atoms with van der Waals surface area (Å²) >= 11 is 3.41. The average Bonchev–Trinajstić information content (AvgIpc) is 2.57. The number of carbonyl (C=O) groups is 2. The van der Waals surface area contributed by atoms with Gasteiger partial charge in [0.25, 0.3) is 0 Å². The van der Waals surface area contributed by atoms with E-state index in [1.54, 1.807) is 25.3 Å². The standard InChI is InChI=1S/C18H19BrN2O3/c1-12-9-14(5-8-16(12)19)21-18(23)11-20-17(22)10-13-3-6-15(24-2)7-4-13/h3-9H,10-11H2,1-2H3,(H,20,22)(H,21,23). The lowest BCUT2D eigenvalue weighted by Crippen LogP contribution is -2.33. The van der Waals surface area contributed by atoms with Crippen LogP contribution < -0.4 is 15.4 Å². The van der Waals surface area contributed by atoms with Crippen LogP contribution >= 0.6 is 15.9 Å². The molecule has 0 atom stereocenters. The maximum Gasteiger partial charge on any atom is 0.243 e. The molecule has 0 spiro atoms. The number of hydrogen-bond donors (Lipinski definition) is 2. The van der Waals surface area contributed by atoms with Crippen LogP contribution in [0.5, 0.6) is 5.75 Å². The van der Waals surface area contributed by atoms with E-state index in [2.05, 4.69) is 26.6 Å². The van der Waals surface area contributed by atoms with Crippen LogP contribution in [0, 0.1) is 6.92 Å². The smallest absolute Gasteiger partial charge is 0.243 e. The van der Waals surface area contributed by atoms with Crippen molar-refractivity contribution in [3.8, 4) is 5.75 Å². The Morgan fingerprint density at radius 2 is 1.79 bits per heavy atom. The third kappa shape index (κ3) is 5.38. The molecule has 0 heterocycles. The zero-order chi connectivity index (χ0) is 17.5. The minimum absolute atomic E-state index is 0.0654. The van der Waals surface area contributed by atoms with Crippen molar-refractivity contribution in [2.24, 2.45) is 0 Å². The Balaban J connectivity index is 1.79. The molecule has 0 saturated carbocycles. The number of halogens is 1. The summed E-state index contributed by atoms with van der Waals surface area (Å²) in [5.41, 5.74) is 2.58. The van der Waals surface area contributed by atoms with E-state index in [9.17, 15) is 9.59 Å². The molecule has 0 aliphatic rings. The number of ether oxygens (including phenoxy) is 1. The topological polar surface area (TPSA) is 67.4 Å². The van der Waals surface area contributed by atoms with Gasteiger partial charge in [0, 0.05) is 10.2 Å². The predicted octanol–water partition coefficient (Wildman–Crippen LogP) is 3.06. The van der Waals surface area contributed by atoms with Crippen LogP contribution in [-0.4, -0.2) is 25.5 Å². The van der Waals surface area contributed by atoms with Crippen molar-refractivity contribution in [3.05, 3.63) is 58.1 Å². The Bertz CT molecular complexity index is 730. The van der Waals surface area contributed by atoms with E-state index in [1.807, 2.05) is 31.2 Å². The molecule has 0 fully saturated rings. The summed E-state index contributed by atoms with van der Waals surface area (Å²) in [6.07, 6.45) is 0.217. The summed E-state index contributed by atoms with van der Waals surface area (Å²) < 4.78 is 6.05. The van der Waals surface area contributed by atoms with Gasteiger partial charge in [-0.3, -0.25) is 9.59 Å². The predicted molar refractivity (Wildman–Crippen MR) is 97.2 cm³/mol. The SMILES string of the molecule is COc1ccc(CC(=O)NCC(=O)Nc2ccc(Br)c(C)c2)cc1. The number of rotatable bonds is 6. The molecule has 0 aliphatic heterocycles. The Hall–Kier alpha value is -2.34. The van der Waals surface area contributed by atoms with E-state index in [1.165, 1.54) is 0 Å². The van der Waals surface area contributed by atoms with Gasteiger partial charge in [0.15, 0.2) is 0 Å². The van der Waals surface area contributed by atoms with E-state index in [0.717, 1.165) is 21.3 Å². The Morgan fingerprint density at radius 1 is 1.08 bits per heavy atom. The van der Waals surface area contributed by atoms with E-state index in [-0.39, 0.29) is 24.8 Å². The molecule has 2 aromatic rings. The first-order valence-corrected chi connectivity index (χ1v) is 8.23. The summed E-state index contributed by atoms with van der Waals surface area (Å²) in [4.78, 5) is 23.8. The van der Waals surface area contributed by atoms with Crippen molar-refractivity contribution >= 4 is 33.4 Å². The van der Waals surface area contributed by atoms with Gasteiger partial charge in [-0.05, 0) is 48.4 Å². The fraction of sp³-hybridized carbons (Fsp3) is 0.222. The van der Waals surface area contributed by atoms with Crippen molar-refractivity contribution in [2.45, 2.75) is 13.3 Å². The van der Waals surface area contributed by atoms with Crippen LogP contribution in [0.25, 0.3) is 0 Å². The summed E-state index contributed by atoms with van der Waals surface area (Å²) in [5.74, 6) is 0.269. The summed E-state index contributed by atoms with van der Waals surface area (Å²) in [5, 5.41) is 5.37. The molecule has 6 heteroatoms. The second-order valence-corrected chi connectivity index (χ2v) is 6.17. The van der Waals surface area contributed by atoms with Crippen molar-refractivity contribution in [1.29, 1.82) is 0 Å². The average molecular weight is 391 g/mol. The van der Waals surface area contributed by atoms with Crippen LogP contribution in [0.15, 0.2) is 46.9 Å². The zero-order valence-electron chi connectivity index (χ0n) is 13.6. The molecular formula is C18H19BrN2O3. The highest BCUT2D eigenvalue weighted by atomic mass is 79.9. The summed E-state index contributed by atoms with van der Waals surface area (Å²) in [6.45, 7) is 1.88. The van der Waals surface area contributed by atoms with E-state index in [0.29, 0.717) is 5.69 Å². The molecule has 2 aromatic carbocycles. The first-order valence-electron chi connectivity index (χ1n) is 7.43. The molecule has 2 amide bonds. The van der Waals surface area contributed by atoms with E-state index in [4.69, 9.17) is 4.74 Å². The lowest BCUT2D eigenvalue weighted by Gasteiger charge is -2.08. The monoisotopic (exact) mass is 390 g/mol. The summed E-state index contributed by atoms with van der Waals surface area (Å²) in [6, 6.07) is 12.8. The number of amides is 2. The van der Waals surface area contributed by atoms with Gasteiger partial charge in [-0.1, -0.05) is 28.1 Å². The molecule has 0 saturated heterocycles. The fourth-order valence-electron chi connectivity index (χ4n) is 2.10. The zero-order valence-corrected chi connectivity index (χ0v) is 15.1. The molecule has 0 unspecified atom stereocenters.